The van der Waals surface area contributed by atoms with Gasteiger partial charge in [-0.25, -0.2) is 5.43 Å². The minimum Gasteiger partial charge on any atom is -0.496 e. The van der Waals surface area contributed by atoms with Crippen LogP contribution in [0.4, 0.5) is 0 Å². The number of carbonyl (C=O) groups is 1. The van der Waals surface area contributed by atoms with Crippen LogP contribution in [-0.2, 0) is 0 Å². The summed E-state index contributed by atoms with van der Waals surface area (Å²) in [5, 5.41) is 4.76. The highest BCUT2D eigenvalue weighted by Crippen LogP contribution is 2.22. The van der Waals surface area contributed by atoms with Gasteiger partial charge < -0.3 is 4.74 Å². The molecule has 4 nitrogen and oxygen atoms in total. The lowest BCUT2D eigenvalue weighted by Gasteiger charge is -2.12. The van der Waals surface area contributed by atoms with Crippen molar-refractivity contribution in [1.29, 1.82) is 0 Å². The summed E-state index contributed by atoms with van der Waals surface area (Å²) in [5.74, 6) is 0.255. The van der Waals surface area contributed by atoms with Crippen molar-refractivity contribution in [2.24, 2.45) is 11.0 Å². The van der Waals surface area contributed by atoms with Crippen LogP contribution in [0.1, 0.15) is 29.8 Å². The zero-order valence-corrected chi connectivity index (χ0v) is 14.1. The minimum absolute atomic E-state index is 0.166. The summed E-state index contributed by atoms with van der Waals surface area (Å²) in [6.07, 6.45) is 0. The summed E-state index contributed by atoms with van der Waals surface area (Å²) < 4.78 is 5.19. The van der Waals surface area contributed by atoms with Crippen LogP contribution in [0.25, 0.3) is 0 Å². The molecule has 2 aromatic carbocycles. The van der Waals surface area contributed by atoms with E-state index < -0.39 is 0 Å². The lowest BCUT2D eigenvalue weighted by molar-refractivity contribution is 0.0951. The molecular formula is C18H19ClN2O2. The summed E-state index contributed by atoms with van der Waals surface area (Å²) in [4.78, 5) is 12.4. The molecule has 0 spiro atoms. The van der Waals surface area contributed by atoms with E-state index in [1.807, 2.05) is 44.2 Å². The van der Waals surface area contributed by atoms with Gasteiger partial charge in [0.05, 0.1) is 18.4 Å². The Morgan fingerprint density at radius 2 is 1.87 bits per heavy atom. The number of hydrogen-bond donors (Lipinski definition) is 1. The molecule has 0 atom stereocenters. The number of rotatable bonds is 5. The normalized spacial score (nSPS) is 11.4. The first-order valence-corrected chi connectivity index (χ1v) is 7.67. The van der Waals surface area contributed by atoms with E-state index in [2.05, 4.69) is 10.5 Å². The van der Waals surface area contributed by atoms with Crippen molar-refractivity contribution >= 4 is 23.2 Å². The van der Waals surface area contributed by atoms with Gasteiger partial charge in [0.1, 0.15) is 5.75 Å². The second-order valence-corrected chi connectivity index (χ2v) is 5.74. The van der Waals surface area contributed by atoms with Gasteiger partial charge in [0.15, 0.2) is 0 Å². The zero-order chi connectivity index (χ0) is 16.8. The molecule has 0 bridgehead atoms. The Balaban J connectivity index is 2.27. The van der Waals surface area contributed by atoms with Gasteiger partial charge in [-0.05, 0) is 29.7 Å². The van der Waals surface area contributed by atoms with Crippen molar-refractivity contribution in [1.82, 2.24) is 5.43 Å². The van der Waals surface area contributed by atoms with Gasteiger partial charge in [-0.2, -0.15) is 5.10 Å². The van der Waals surface area contributed by atoms with Gasteiger partial charge in [0.25, 0.3) is 5.91 Å². The summed E-state index contributed by atoms with van der Waals surface area (Å²) in [5.41, 5.74) is 4.72. The number of ether oxygens (including phenoxy) is 1. The predicted molar refractivity (Wildman–Crippen MR) is 93.3 cm³/mol. The molecule has 2 rings (SSSR count). The number of hydrogen-bond acceptors (Lipinski definition) is 3. The highest BCUT2D eigenvalue weighted by atomic mass is 35.5. The Morgan fingerprint density at radius 3 is 2.48 bits per heavy atom. The van der Waals surface area contributed by atoms with Crippen molar-refractivity contribution in [3.8, 4) is 5.75 Å². The quantitative estimate of drug-likeness (QED) is 0.661. The fraction of sp³-hybridized carbons (Fsp3) is 0.222. The molecule has 120 valence electrons. The standard InChI is InChI=1S/C18H19ClN2O2/c1-12(2)17(13-7-5-4-6-8-13)20-21-18(22)15-11-14(19)9-10-16(15)23-3/h4-12H,1-3H3,(H,21,22)/b20-17+. The Labute approximate surface area is 141 Å². The highest BCUT2D eigenvalue weighted by Gasteiger charge is 2.14. The number of hydrazone groups is 1. The van der Waals surface area contributed by atoms with E-state index in [0.717, 1.165) is 11.3 Å². The fourth-order valence-electron chi connectivity index (χ4n) is 2.16. The predicted octanol–water partition coefficient (Wildman–Crippen LogP) is 4.14. The van der Waals surface area contributed by atoms with Crippen LogP contribution >= 0.6 is 11.6 Å². The lowest BCUT2D eigenvalue weighted by atomic mass is 10.0. The average Bonchev–Trinajstić information content (AvgIpc) is 2.55. The molecule has 1 amide bonds. The van der Waals surface area contributed by atoms with Gasteiger partial charge in [0.2, 0.25) is 0 Å². The van der Waals surface area contributed by atoms with E-state index in [-0.39, 0.29) is 11.8 Å². The van der Waals surface area contributed by atoms with Crippen LogP contribution in [0.3, 0.4) is 0 Å². The fourth-order valence-corrected chi connectivity index (χ4v) is 2.34. The Hall–Kier alpha value is -2.33. The second-order valence-electron chi connectivity index (χ2n) is 5.30. The number of methoxy groups -OCH3 is 1. The van der Waals surface area contributed by atoms with Gasteiger partial charge >= 0.3 is 0 Å². The molecule has 0 aromatic heterocycles. The maximum Gasteiger partial charge on any atom is 0.275 e. The topological polar surface area (TPSA) is 50.7 Å². The molecule has 2 aromatic rings. The van der Waals surface area contributed by atoms with E-state index in [4.69, 9.17) is 16.3 Å². The van der Waals surface area contributed by atoms with Crippen LogP contribution in [-0.4, -0.2) is 18.7 Å². The van der Waals surface area contributed by atoms with E-state index in [0.29, 0.717) is 16.3 Å². The average molecular weight is 331 g/mol. The molecule has 5 heteroatoms. The van der Waals surface area contributed by atoms with Crippen LogP contribution < -0.4 is 10.2 Å². The third kappa shape index (κ3) is 4.33. The summed E-state index contributed by atoms with van der Waals surface area (Å²) in [6, 6.07) is 14.6. The molecule has 0 unspecified atom stereocenters. The first-order valence-electron chi connectivity index (χ1n) is 7.29. The van der Waals surface area contributed by atoms with Gasteiger partial charge in [0, 0.05) is 5.02 Å². The molecule has 1 N–H and O–H groups in total. The number of halogens is 1. The third-order valence-electron chi connectivity index (χ3n) is 3.30. The molecule has 0 saturated carbocycles. The Morgan fingerprint density at radius 1 is 1.17 bits per heavy atom. The molecule has 0 aliphatic carbocycles. The largest absolute Gasteiger partial charge is 0.496 e. The summed E-state index contributed by atoms with van der Waals surface area (Å²) in [7, 11) is 1.51. The van der Waals surface area contributed by atoms with E-state index >= 15 is 0 Å². The third-order valence-corrected chi connectivity index (χ3v) is 3.54. The molecule has 23 heavy (non-hydrogen) atoms. The van der Waals surface area contributed by atoms with E-state index in [9.17, 15) is 4.79 Å². The second kappa shape index (κ2) is 7.79. The van der Waals surface area contributed by atoms with E-state index in [1.54, 1.807) is 18.2 Å². The zero-order valence-electron chi connectivity index (χ0n) is 13.3. The van der Waals surface area contributed by atoms with Gasteiger partial charge in [-0.15, -0.1) is 0 Å². The maximum absolute atomic E-state index is 12.4. The summed E-state index contributed by atoms with van der Waals surface area (Å²) in [6.45, 7) is 4.05. The van der Waals surface area contributed by atoms with Crippen molar-refractivity contribution < 1.29 is 9.53 Å². The van der Waals surface area contributed by atoms with Gasteiger partial charge in [-0.1, -0.05) is 55.8 Å². The summed E-state index contributed by atoms with van der Waals surface area (Å²) >= 11 is 5.96. The molecule has 0 aliphatic heterocycles. The number of carbonyl (C=O) groups excluding carboxylic acids is 1. The SMILES string of the molecule is COc1ccc(Cl)cc1C(=O)N/N=C(/c1ccccc1)C(C)C. The Kier molecular flexibility index (Phi) is 5.77. The molecule has 0 fully saturated rings. The van der Waals surface area contributed by atoms with Crippen LogP contribution in [0, 0.1) is 5.92 Å². The van der Waals surface area contributed by atoms with Gasteiger partial charge in [-0.3, -0.25) is 4.79 Å². The monoisotopic (exact) mass is 330 g/mol. The smallest absolute Gasteiger partial charge is 0.275 e. The number of benzene rings is 2. The number of amides is 1. The number of nitrogens with zero attached hydrogens (tertiary/aromatic N) is 1. The Bertz CT molecular complexity index is 712. The molecule has 0 radical (unpaired) electrons. The lowest BCUT2D eigenvalue weighted by Crippen LogP contribution is -2.22. The first kappa shape index (κ1) is 17.0. The van der Waals surface area contributed by atoms with E-state index in [1.165, 1.54) is 7.11 Å². The number of nitrogens with one attached hydrogen (secondary N) is 1. The molecule has 0 saturated heterocycles. The van der Waals surface area contributed by atoms with Crippen LogP contribution in [0.2, 0.25) is 5.02 Å². The minimum atomic E-state index is -0.363. The van der Waals surface area contributed by atoms with Crippen molar-refractivity contribution in [2.75, 3.05) is 7.11 Å². The van der Waals surface area contributed by atoms with Crippen molar-refractivity contribution in [3.05, 3.63) is 64.7 Å². The van der Waals surface area contributed by atoms with Crippen molar-refractivity contribution in [2.45, 2.75) is 13.8 Å². The first-order chi connectivity index (χ1) is 11.0. The molecular weight excluding hydrogens is 312 g/mol. The van der Waals surface area contributed by atoms with Crippen LogP contribution in [0.15, 0.2) is 53.6 Å². The van der Waals surface area contributed by atoms with Crippen molar-refractivity contribution in [3.63, 3.8) is 0 Å². The molecule has 0 aliphatic rings. The maximum atomic E-state index is 12.4. The highest BCUT2D eigenvalue weighted by molar-refractivity contribution is 6.31. The van der Waals surface area contributed by atoms with Crippen LogP contribution in [0.5, 0.6) is 5.75 Å². The molecule has 0 heterocycles.